The third kappa shape index (κ3) is 4.05. The van der Waals surface area contributed by atoms with Crippen molar-refractivity contribution in [2.45, 2.75) is 33.1 Å². The van der Waals surface area contributed by atoms with Crippen LogP contribution < -0.4 is 5.32 Å². The molecule has 0 aliphatic heterocycles. The lowest BCUT2D eigenvalue weighted by Gasteiger charge is -2.00. The first-order valence-electron chi connectivity index (χ1n) is 6.27. The first-order valence-corrected chi connectivity index (χ1v) is 6.27. The van der Waals surface area contributed by atoms with Crippen molar-refractivity contribution in [3.63, 3.8) is 0 Å². The molecule has 0 saturated heterocycles. The van der Waals surface area contributed by atoms with Gasteiger partial charge in [0, 0.05) is 0 Å². The fourth-order valence-corrected chi connectivity index (χ4v) is 1.63. The maximum absolute atomic E-state index is 5.63. The van der Waals surface area contributed by atoms with Crippen LogP contribution in [-0.4, -0.2) is 6.54 Å². The monoisotopic (exact) mass is 249 g/mol. The van der Waals surface area contributed by atoms with Gasteiger partial charge < -0.3 is 18.9 Å². The van der Waals surface area contributed by atoms with E-state index in [1.165, 1.54) is 0 Å². The van der Waals surface area contributed by atoms with Gasteiger partial charge in [-0.2, -0.15) is 0 Å². The minimum atomic E-state index is 0.467. The Hall–Kier alpha value is -1.52. The van der Waals surface area contributed by atoms with Gasteiger partial charge in [0.2, 0.25) is 0 Å². The number of hydrogen-bond acceptors (Lipinski definition) is 4. The number of hydrogen-bond donors (Lipinski definition) is 1. The topological polar surface area (TPSA) is 47.5 Å². The summed E-state index contributed by atoms with van der Waals surface area (Å²) in [5.41, 5.74) is 0. The third-order valence-corrected chi connectivity index (χ3v) is 2.51. The van der Waals surface area contributed by atoms with Gasteiger partial charge in [-0.15, -0.1) is 0 Å². The first-order chi connectivity index (χ1) is 8.88. The lowest BCUT2D eigenvalue weighted by molar-refractivity contribution is 0.0795. The van der Waals surface area contributed by atoms with Crippen molar-refractivity contribution in [2.75, 3.05) is 6.54 Å². The van der Waals surface area contributed by atoms with Crippen LogP contribution in [0.4, 0.5) is 0 Å². The van der Waals surface area contributed by atoms with E-state index in [0.29, 0.717) is 13.2 Å². The average Bonchev–Trinajstić information content (AvgIpc) is 3.01. The summed E-state index contributed by atoms with van der Waals surface area (Å²) >= 11 is 0. The Labute approximate surface area is 107 Å². The number of nitrogens with one attached hydrogen (secondary N) is 1. The van der Waals surface area contributed by atoms with E-state index < -0.39 is 0 Å². The number of ether oxygens (including phenoxy) is 1. The quantitative estimate of drug-likeness (QED) is 0.730. The van der Waals surface area contributed by atoms with Crippen LogP contribution >= 0.6 is 0 Å². The van der Waals surface area contributed by atoms with Gasteiger partial charge in [-0.3, -0.25) is 0 Å². The van der Waals surface area contributed by atoms with Gasteiger partial charge in [-0.25, -0.2) is 0 Å². The Morgan fingerprint density at radius 3 is 2.72 bits per heavy atom. The predicted molar refractivity (Wildman–Crippen MR) is 67.9 cm³/mol. The van der Waals surface area contributed by atoms with Crippen molar-refractivity contribution in [3.05, 3.63) is 47.8 Å². The zero-order chi connectivity index (χ0) is 12.6. The van der Waals surface area contributed by atoms with Crippen LogP contribution in [0.25, 0.3) is 0 Å². The van der Waals surface area contributed by atoms with Gasteiger partial charge in [-0.05, 0) is 37.2 Å². The molecule has 2 aromatic heterocycles. The average molecular weight is 249 g/mol. The van der Waals surface area contributed by atoms with E-state index >= 15 is 0 Å². The lowest BCUT2D eigenvalue weighted by Crippen LogP contribution is -2.13. The van der Waals surface area contributed by atoms with Gasteiger partial charge in [0.25, 0.3) is 0 Å². The van der Waals surface area contributed by atoms with Crippen molar-refractivity contribution in [1.29, 1.82) is 0 Å². The molecule has 0 fully saturated rings. The zero-order valence-electron chi connectivity index (χ0n) is 10.6. The van der Waals surface area contributed by atoms with Gasteiger partial charge in [0.05, 0.1) is 12.8 Å². The molecule has 98 valence electrons. The molecule has 0 aliphatic rings. The summed E-state index contributed by atoms with van der Waals surface area (Å²) in [6.07, 6.45) is 2.77. The van der Waals surface area contributed by atoms with Crippen LogP contribution in [0.5, 0.6) is 0 Å². The normalized spacial score (nSPS) is 10.9. The molecule has 18 heavy (non-hydrogen) atoms. The SMILES string of the molecule is CCCNCc1ccc(COCc2ccco2)o1. The molecule has 0 aliphatic carbocycles. The summed E-state index contributed by atoms with van der Waals surface area (Å²) < 4.78 is 16.3. The molecule has 0 unspecified atom stereocenters. The van der Waals surface area contributed by atoms with Crippen LogP contribution in [0.1, 0.15) is 30.6 Å². The molecule has 0 saturated carbocycles. The van der Waals surface area contributed by atoms with Crippen molar-refractivity contribution < 1.29 is 13.6 Å². The Balaban J connectivity index is 1.69. The molecule has 4 nitrogen and oxygen atoms in total. The van der Waals surface area contributed by atoms with E-state index in [4.69, 9.17) is 13.6 Å². The van der Waals surface area contributed by atoms with Gasteiger partial charge in [-0.1, -0.05) is 6.92 Å². The molecule has 0 atom stereocenters. The maximum Gasteiger partial charge on any atom is 0.129 e. The molecule has 1 N–H and O–H groups in total. The van der Waals surface area contributed by atoms with E-state index in [1.807, 2.05) is 24.3 Å². The summed E-state index contributed by atoms with van der Waals surface area (Å²) in [5.74, 6) is 2.61. The van der Waals surface area contributed by atoms with Gasteiger partial charge in [0.15, 0.2) is 0 Å². The molecule has 0 amide bonds. The molecule has 0 bridgehead atoms. The summed E-state index contributed by atoms with van der Waals surface area (Å²) in [6, 6.07) is 7.67. The zero-order valence-corrected chi connectivity index (χ0v) is 10.6. The molecule has 2 aromatic rings. The van der Waals surface area contributed by atoms with Gasteiger partial charge in [0.1, 0.15) is 30.5 Å². The molecule has 0 spiro atoms. The highest BCUT2D eigenvalue weighted by atomic mass is 16.5. The minimum absolute atomic E-state index is 0.467. The van der Waals surface area contributed by atoms with Crippen molar-refractivity contribution in [2.24, 2.45) is 0 Å². The highest BCUT2D eigenvalue weighted by Gasteiger charge is 2.03. The van der Waals surface area contributed by atoms with E-state index in [9.17, 15) is 0 Å². The Morgan fingerprint density at radius 2 is 1.94 bits per heavy atom. The third-order valence-electron chi connectivity index (χ3n) is 2.51. The van der Waals surface area contributed by atoms with E-state index in [-0.39, 0.29) is 0 Å². The van der Waals surface area contributed by atoms with Crippen LogP contribution in [-0.2, 0) is 24.5 Å². The van der Waals surface area contributed by atoms with E-state index in [0.717, 1.165) is 36.8 Å². The van der Waals surface area contributed by atoms with E-state index in [1.54, 1.807) is 6.26 Å². The second kappa shape index (κ2) is 7.03. The highest BCUT2D eigenvalue weighted by molar-refractivity contribution is 5.06. The molecule has 2 heterocycles. The minimum Gasteiger partial charge on any atom is -0.467 e. The standard InChI is InChI=1S/C14H19NO3/c1-2-7-15-9-12-5-6-14(18-12)11-16-10-13-4-3-8-17-13/h3-6,8,15H,2,7,9-11H2,1H3. The second-order valence-corrected chi connectivity index (χ2v) is 4.12. The maximum atomic E-state index is 5.63. The fraction of sp³-hybridized carbons (Fsp3) is 0.429. The fourth-order valence-electron chi connectivity index (χ4n) is 1.63. The molecule has 2 rings (SSSR count). The summed E-state index contributed by atoms with van der Waals surface area (Å²) in [7, 11) is 0. The van der Waals surface area contributed by atoms with Crippen LogP contribution in [0.2, 0.25) is 0 Å². The summed E-state index contributed by atoms with van der Waals surface area (Å²) in [6.45, 7) is 4.85. The van der Waals surface area contributed by atoms with Crippen molar-refractivity contribution in [3.8, 4) is 0 Å². The lowest BCUT2D eigenvalue weighted by atomic mass is 10.4. The summed E-state index contributed by atoms with van der Waals surface area (Å²) in [5, 5.41) is 3.29. The number of rotatable bonds is 8. The Morgan fingerprint density at radius 1 is 1.11 bits per heavy atom. The molecule has 0 radical (unpaired) electrons. The largest absolute Gasteiger partial charge is 0.467 e. The first kappa shape index (κ1) is 12.9. The molecular formula is C14H19NO3. The van der Waals surface area contributed by atoms with Crippen LogP contribution in [0, 0.1) is 0 Å². The second-order valence-electron chi connectivity index (χ2n) is 4.12. The van der Waals surface area contributed by atoms with E-state index in [2.05, 4.69) is 12.2 Å². The Kier molecular flexibility index (Phi) is 5.05. The smallest absolute Gasteiger partial charge is 0.129 e. The number of furan rings is 2. The molecule has 0 aromatic carbocycles. The van der Waals surface area contributed by atoms with Crippen molar-refractivity contribution >= 4 is 0 Å². The molecular weight excluding hydrogens is 230 g/mol. The predicted octanol–water partition coefficient (Wildman–Crippen LogP) is 3.09. The van der Waals surface area contributed by atoms with Crippen LogP contribution in [0.15, 0.2) is 39.4 Å². The highest BCUT2D eigenvalue weighted by Crippen LogP contribution is 2.10. The Bertz CT molecular complexity index is 434. The molecule has 4 heteroatoms. The van der Waals surface area contributed by atoms with Crippen molar-refractivity contribution in [1.82, 2.24) is 5.32 Å². The summed E-state index contributed by atoms with van der Waals surface area (Å²) in [4.78, 5) is 0. The van der Waals surface area contributed by atoms with Crippen LogP contribution in [0.3, 0.4) is 0 Å². The van der Waals surface area contributed by atoms with Gasteiger partial charge >= 0.3 is 0 Å².